The summed E-state index contributed by atoms with van der Waals surface area (Å²) < 4.78 is 20.0. The Hall–Kier alpha value is -3.89. The highest BCUT2D eigenvalue weighted by atomic mass is 79.9. The van der Waals surface area contributed by atoms with Crippen LogP contribution < -0.4 is 0 Å². The van der Waals surface area contributed by atoms with Gasteiger partial charge in [-0.05, 0) is 152 Å². The van der Waals surface area contributed by atoms with E-state index in [4.69, 9.17) is 0 Å². The van der Waals surface area contributed by atoms with Crippen molar-refractivity contribution < 1.29 is 4.39 Å². The molecule has 262 valence electrons. The predicted molar refractivity (Wildman–Crippen MR) is 209 cm³/mol. The maximum atomic E-state index is 13.8. The fourth-order valence-electron chi connectivity index (χ4n) is 7.47. The molecule has 0 saturated carbocycles. The van der Waals surface area contributed by atoms with Gasteiger partial charge in [-0.25, -0.2) is 4.39 Å². The van der Waals surface area contributed by atoms with Crippen molar-refractivity contribution in [3.63, 3.8) is 0 Å². The van der Waals surface area contributed by atoms with E-state index in [2.05, 4.69) is 134 Å². The monoisotopic (exact) mass is 808 g/mol. The van der Waals surface area contributed by atoms with Crippen molar-refractivity contribution in [3.8, 4) is 0 Å². The van der Waals surface area contributed by atoms with E-state index in [-0.39, 0.29) is 11.9 Å². The third-order valence-corrected chi connectivity index (χ3v) is 10.9. The molecule has 0 amide bonds. The lowest BCUT2D eigenvalue weighted by molar-refractivity contribution is 0.271. The summed E-state index contributed by atoms with van der Waals surface area (Å²) >= 11 is 6.99. The average Bonchev–Trinajstić information content (AvgIpc) is 4.00. The molecule has 0 spiro atoms. The van der Waals surface area contributed by atoms with Crippen molar-refractivity contribution >= 4 is 31.9 Å². The zero-order valence-electron chi connectivity index (χ0n) is 28.7. The highest BCUT2D eigenvalue weighted by Gasteiger charge is 2.29. The van der Waals surface area contributed by atoms with Gasteiger partial charge in [0, 0.05) is 40.6 Å². The van der Waals surface area contributed by atoms with Crippen LogP contribution in [0.2, 0.25) is 0 Å². The SMILES string of the molecule is Brc1cccc(C(c2cccn2Cc2ccccn2)N2CCCC2)c1.Fc1ccc(C(c2cccn2Cc2ccccn2)N2CCCC2)cc1Br. The Morgan fingerprint density at radius 3 is 1.57 bits per heavy atom. The summed E-state index contributed by atoms with van der Waals surface area (Å²) in [5.41, 5.74) is 7.14. The van der Waals surface area contributed by atoms with Crippen molar-refractivity contribution in [2.45, 2.75) is 50.9 Å². The first-order valence-electron chi connectivity index (χ1n) is 17.8. The summed E-state index contributed by atoms with van der Waals surface area (Å²) in [6.45, 7) is 5.98. The predicted octanol–water partition coefficient (Wildman–Crippen LogP) is 9.90. The fraction of sp³-hybridized carbons (Fsp3) is 0.286. The van der Waals surface area contributed by atoms with E-state index in [1.807, 2.05) is 48.8 Å². The largest absolute Gasteiger partial charge is 0.344 e. The van der Waals surface area contributed by atoms with Gasteiger partial charge < -0.3 is 9.13 Å². The lowest BCUT2D eigenvalue weighted by atomic mass is 10.0. The number of pyridine rings is 2. The molecule has 2 atom stereocenters. The molecular formula is C42H43Br2FN6. The molecule has 2 saturated heterocycles. The zero-order valence-corrected chi connectivity index (χ0v) is 31.8. The third kappa shape index (κ3) is 8.78. The van der Waals surface area contributed by atoms with Crippen LogP contribution in [0.1, 0.15) is 71.7 Å². The molecular weight excluding hydrogens is 767 g/mol. The Labute approximate surface area is 317 Å². The first-order valence-corrected chi connectivity index (χ1v) is 19.4. The topological polar surface area (TPSA) is 42.1 Å². The summed E-state index contributed by atoms with van der Waals surface area (Å²) in [5, 5.41) is 0. The number of likely N-dealkylation sites (tertiary alicyclic amines) is 2. The Kier molecular flexibility index (Phi) is 11.9. The molecule has 2 fully saturated rings. The van der Waals surface area contributed by atoms with Crippen molar-refractivity contribution in [2.75, 3.05) is 26.2 Å². The van der Waals surface area contributed by atoms with Gasteiger partial charge in [0.25, 0.3) is 0 Å². The smallest absolute Gasteiger partial charge is 0.137 e. The second-order valence-corrected chi connectivity index (χ2v) is 15.1. The van der Waals surface area contributed by atoms with E-state index in [1.165, 1.54) is 42.6 Å². The Morgan fingerprint density at radius 2 is 1.10 bits per heavy atom. The number of rotatable bonds is 10. The van der Waals surface area contributed by atoms with Gasteiger partial charge in [0.2, 0.25) is 0 Å². The molecule has 9 heteroatoms. The van der Waals surface area contributed by atoms with Gasteiger partial charge in [-0.3, -0.25) is 19.8 Å². The summed E-state index contributed by atoms with van der Waals surface area (Å²) in [7, 11) is 0. The first kappa shape index (κ1) is 35.5. The van der Waals surface area contributed by atoms with Crippen molar-refractivity contribution in [2.24, 2.45) is 0 Å². The molecule has 0 bridgehead atoms. The second-order valence-electron chi connectivity index (χ2n) is 13.3. The maximum Gasteiger partial charge on any atom is 0.137 e. The highest BCUT2D eigenvalue weighted by Crippen LogP contribution is 2.35. The fourth-order valence-corrected chi connectivity index (χ4v) is 8.28. The van der Waals surface area contributed by atoms with Gasteiger partial charge in [-0.15, -0.1) is 0 Å². The molecule has 0 aliphatic carbocycles. The first-order chi connectivity index (χ1) is 25.0. The molecule has 0 radical (unpaired) electrons. The number of aromatic nitrogens is 4. The third-order valence-electron chi connectivity index (χ3n) is 9.84. The minimum Gasteiger partial charge on any atom is -0.344 e. The Bertz CT molecular complexity index is 1980. The number of hydrogen-bond donors (Lipinski definition) is 0. The number of nitrogens with zero attached hydrogens (tertiary/aromatic N) is 6. The van der Waals surface area contributed by atoms with Crippen molar-refractivity contribution in [3.05, 3.63) is 177 Å². The van der Waals surface area contributed by atoms with Crippen LogP contribution in [0.4, 0.5) is 4.39 Å². The zero-order chi connectivity index (χ0) is 35.0. The van der Waals surface area contributed by atoms with Crippen LogP contribution >= 0.6 is 31.9 Å². The lowest BCUT2D eigenvalue weighted by Gasteiger charge is -2.29. The summed E-state index contributed by atoms with van der Waals surface area (Å²) in [6, 6.07) is 35.3. The van der Waals surface area contributed by atoms with E-state index in [0.717, 1.165) is 60.7 Å². The van der Waals surface area contributed by atoms with Gasteiger partial charge in [0.05, 0.1) is 41.0 Å². The second kappa shape index (κ2) is 17.1. The molecule has 2 aliphatic rings. The molecule has 6 nitrogen and oxygen atoms in total. The Balaban J connectivity index is 0.000000159. The van der Waals surface area contributed by atoms with Crippen LogP contribution in [0.5, 0.6) is 0 Å². The van der Waals surface area contributed by atoms with Gasteiger partial charge in [-0.1, -0.05) is 46.3 Å². The molecule has 6 aromatic rings. The van der Waals surface area contributed by atoms with E-state index < -0.39 is 0 Å². The minimum atomic E-state index is -0.224. The van der Waals surface area contributed by atoms with Gasteiger partial charge in [-0.2, -0.15) is 0 Å². The summed E-state index contributed by atoms with van der Waals surface area (Å²) in [4.78, 5) is 14.0. The summed E-state index contributed by atoms with van der Waals surface area (Å²) in [6.07, 6.45) is 12.9. The van der Waals surface area contributed by atoms with Gasteiger partial charge in [0.15, 0.2) is 0 Å². The molecule has 2 aromatic carbocycles. The van der Waals surface area contributed by atoms with Crippen molar-refractivity contribution in [1.29, 1.82) is 0 Å². The van der Waals surface area contributed by atoms with Gasteiger partial charge >= 0.3 is 0 Å². The molecule has 0 N–H and O–H groups in total. The molecule has 6 heterocycles. The standard InChI is InChI=1S/C21H21BrFN3.C21H22BrN3/c22-18-14-16(8-9-19(18)23)21(25-11-3-4-12-25)20-7-5-13-26(20)15-17-6-1-2-10-24-17;22-18-8-5-7-17(15-18)21(24-12-3-4-13-24)20-10-6-14-25(20)16-19-9-1-2-11-23-19/h1-2,5-10,13-14,21H,3-4,11-12,15H2;1-2,5-11,14-15,21H,3-4,12-13,16H2. The van der Waals surface area contributed by atoms with E-state index >= 15 is 0 Å². The van der Waals surface area contributed by atoms with E-state index in [9.17, 15) is 4.39 Å². The lowest BCUT2D eigenvalue weighted by Crippen LogP contribution is -2.28. The van der Waals surface area contributed by atoms with Crippen LogP contribution in [0.3, 0.4) is 0 Å². The number of benzene rings is 2. The molecule has 8 rings (SSSR count). The van der Waals surface area contributed by atoms with E-state index in [1.54, 1.807) is 6.07 Å². The highest BCUT2D eigenvalue weighted by molar-refractivity contribution is 9.10. The van der Waals surface area contributed by atoms with Gasteiger partial charge in [0.1, 0.15) is 5.82 Å². The normalized spacial score (nSPS) is 16.1. The summed E-state index contributed by atoms with van der Waals surface area (Å²) in [5.74, 6) is -0.224. The quantitative estimate of drug-likeness (QED) is 0.138. The van der Waals surface area contributed by atoms with Crippen LogP contribution in [-0.4, -0.2) is 55.1 Å². The van der Waals surface area contributed by atoms with Crippen LogP contribution in [0, 0.1) is 5.82 Å². The number of halogens is 3. The Morgan fingerprint density at radius 1 is 0.569 bits per heavy atom. The maximum absolute atomic E-state index is 13.8. The number of hydrogen-bond acceptors (Lipinski definition) is 4. The minimum absolute atomic E-state index is 0.119. The van der Waals surface area contributed by atoms with Crippen LogP contribution in [0.15, 0.2) is 137 Å². The molecule has 4 aromatic heterocycles. The van der Waals surface area contributed by atoms with E-state index in [0.29, 0.717) is 10.5 Å². The average molecular weight is 811 g/mol. The van der Waals surface area contributed by atoms with Crippen LogP contribution in [0.25, 0.3) is 0 Å². The molecule has 51 heavy (non-hydrogen) atoms. The van der Waals surface area contributed by atoms with Crippen LogP contribution in [-0.2, 0) is 13.1 Å². The molecule has 2 unspecified atom stereocenters. The molecule has 2 aliphatic heterocycles. The van der Waals surface area contributed by atoms with Crippen molar-refractivity contribution in [1.82, 2.24) is 28.9 Å².